The molecule has 0 unspecified atom stereocenters. The molecule has 3 rings (SSSR count). The predicted molar refractivity (Wildman–Crippen MR) is 138 cm³/mol. The van der Waals surface area contributed by atoms with Crippen LogP contribution in [0.1, 0.15) is 33.5 Å². The van der Waals surface area contributed by atoms with Crippen molar-refractivity contribution in [2.24, 2.45) is 0 Å². The van der Waals surface area contributed by atoms with Crippen molar-refractivity contribution in [2.75, 3.05) is 33.1 Å². The molecule has 0 N–H and O–H groups in total. The second-order valence-electron chi connectivity index (χ2n) is 9.05. The number of carbonyl (C=O) groups is 1. The van der Waals surface area contributed by atoms with Crippen LogP contribution in [0.15, 0.2) is 65.6 Å². The normalized spacial score (nSPS) is 12.0. The third kappa shape index (κ3) is 8.49. The number of halogens is 5. The number of methoxy groups -OCH3 is 1. The van der Waals surface area contributed by atoms with Gasteiger partial charge in [-0.2, -0.15) is 13.2 Å². The van der Waals surface area contributed by atoms with E-state index in [0.717, 1.165) is 25.0 Å². The Labute approximate surface area is 229 Å². The number of nitrogens with zero attached hydrogens (tertiary/aromatic N) is 1. The third-order valence-electron chi connectivity index (χ3n) is 6.05. The van der Waals surface area contributed by atoms with Crippen molar-refractivity contribution in [1.29, 1.82) is 0 Å². The third-order valence-corrected chi connectivity index (χ3v) is 7.19. The minimum atomic E-state index is -4.83. The summed E-state index contributed by atoms with van der Waals surface area (Å²) in [7, 11) is -2.64. The summed E-state index contributed by atoms with van der Waals surface area (Å²) in [5, 5.41) is 0. The van der Waals surface area contributed by atoms with Crippen molar-refractivity contribution in [3.05, 3.63) is 94.6 Å². The van der Waals surface area contributed by atoms with E-state index in [9.17, 15) is 35.2 Å². The van der Waals surface area contributed by atoms with Gasteiger partial charge in [0.2, 0.25) is 0 Å². The lowest BCUT2D eigenvalue weighted by Crippen LogP contribution is -2.28. The number of esters is 1. The highest BCUT2D eigenvalue weighted by Crippen LogP contribution is 2.32. The van der Waals surface area contributed by atoms with Crippen LogP contribution >= 0.6 is 0 Å². The van der Waals surface area contributed by atoms with Crippen LogP contribution in [0.4, 0.5) is 22.0 Å². The first-order valence-corrected chi connectivity index (χ1v) is 14.1. The first-order chi connectivity index (χ1) is 18.8. The number of carbonyl (C=O) groups excluding carboxylic acids is 1. The van der Waals surface area contributed by atoms with E-state index < -0.39 is 39.2 Å². The van der Waals surface area contributed by atoms with Gasteiger partial charge in [-0.3, -0.25) is 4.90 Å². The highest BCUT2D eigenvalue weighted by Gasteiger charge is 2.35. The molecular weight excluding hydrogens is 557 g/mol. The van der Waals surface area contributed by atoms with Crippen molar-refractivity contribution in [3.8, 4) is 5.75 Å². The summed E-state index contributed by atoms with van der Waals surface area (Å²) in [6.45, 7) is 0.630. The van der Waals surface area contributed by atoms with Crippen molar-refractivity contribution in [3.63, 3.8) is 0 Å². The standard InChI is InChI=1S/C28H28F5NO5S/c1-38-27(35)23-12-11-22(17-25(23)40(2,36)37)39-16-4-14-34(15-13-19-7-9-21(29)10-8-19)18-20-5-3-6-24(26(20)30)28(31,32)33/h3,5-12,17H,4,13-16,18H2,1-2H3. The van der Waals surface area contributed by atoms with Gasteiger partial charge in [0.15, 0.2) is 9.84 Å². The van der Waals surface area contributed by atoms with Gasteiger partial charge in [0.25, 0.3) is 0 Å². The minimum Gasteiger partial charge on any atom is -0.494 e. The fourth-order valence-corrected chi connectivity index (χ4v) is 4.91. The van der Waals surface area contributed by atoms with Gasteiger partial charge < -0.3 is 9.47 Å². The lowest BCUT2D eigenvalue weighted by atomic mass is 10.1. The van der Waals surface area contributed by atoms with Crippen molar-refractivity contribution < 1.29 is 44.6 Å². The number of sulfone groups is 1. The lowest BCUT2D eigenvalue weighted by molar-refractivity contribution is -0.140. The van der Waals surface area contributed by atoms with Crippen LogP contribution in [-0.4, -0.2) is 52.3 Å². The van der Waals surface area contributed by atoms with Crippen LogP contribution in [0.5, 0.6) is 5.75 Å². The van der Waals surface area contributed by atoms with Gasteiger partial charge in [-0.15, -0.1) is 0 Å². The Bertz CT molecular complexity index is 1430. The quantitative estimate of drug-likeness (QED) is 0.155. The van der Waals surface area contributed by atoms with Crippen LogP contribution in [0.3, 0.4) is 0 Å². The molecule has 40 heavy (non-hydrogen) atoms. The smallest absolute Gasteiger partial charge is 0.419 e. The van der Waals surface area contributed by atoms with E-state index in [2.05, 4.69) is 4.74 Å². The maximum absolute atomic E-state index is 14.7. The fourth-order valence-electron chi connectivity index (χ4n) is 4.03. The molecule has 216 valence electrons. The zero-order valence-corrected chi connectivity index (χ0v) is 22.6. The predicted octanol–water partition coefficient (Wildman–Crippen LogP) is 5.69. The van der Waals surface area contributed by atoms with Crippen LogP contribution in [0, 0.1) is 11.6 Å². The van der Waals surface area contributed by atoms with E-state index in [1.165, 1.54) is 36.4 Å². The molecule has 0 aliphatic heterocycles. The van der Waals surface area contributed by atoms with E-state index in [0.29, 0.717) is 32.0 Å². The molecule has 12 heteroatoms. The zero-order chi connectivity index (χ0) is 29.5. The van der Waals surface area contributed by atoms with E-state index in [1.54, 1.807) is 17.0 Å². The van der Waals surface area contributed by atoms with Gasteiger partial charge in [0.1, 0.15) is 17.4 Å². The average molecular weight is 586 g/mol. The van der Waals surface area contributed by atoms with Crippen molar-refractivity contribution >= 4 is 15.8 Å². The van der Waals surface area contributed by atoms with Crippen LogP contribution < -0.4 is 4.74 Å². The minimum absolute atomic E-state index is 0.0961. The molecular formula is C28H28F5NO5S. The molecule has 0 saturated heterocycles. The Morgan fingerprint density at radius 3 is 2.30 bits per heavy atom. The first kappa shape index (κ1) is 31.0. The Morgan fingerprint density at radius 2 is 1.68 bits per heavy atom. The number of benzene rings is 3. The van der Waals surface area contributed by atoms with Gasteiger partial charge in [-0.1, -0.05) is 24.3 Å². The molecule has 0 spiro atoms. The maximum Gasteiger partial charge on any atom is 0.419 e. The van der Waals surface area contributed by atoms with E-state index in [-0.39, 0.29) is 34.9 Å². The Kier molecular flexibility index (Phi) is 10.3. The number of hydrogen-bond donors (Lipinski definition) is 0. The number of rotatable bonds is 12. The Balaban J connectivity index is 1.71. The Hall–Kier alpha value is -3.51. The maximum atomic E-state index is 14.7. The van der Waals surface area contributed by atoms with E-state index in [4.69, 9.17) is 4.74 Å². The summed E-state index contributed by atoms with van der Waals surface area (Å²) < 4.78 is 102. The van der Waals surface area contributed by atoms with E-state index in [1.807, 2.05) is 0 Å². The van der Waals surface area contributed by atoms with Crippen LogP contribution in [0.2, 0.25) is 0 Å². The zero-order valence-electron chi connectivity index (χ0n) is 21.8. The summed E-state index contributed by atoms with van der Waals surface area (Å²) >= 11 is 0. The highest BCUT2D eigenvalue weighted by molar-refractivity contribution is 7.90. The van der Waals surface area contributed by atoms with E-state index >= 15 is 0 Å². The molecule has 0 radical (unpaired) electrons. The topological polar surface area (TPSA) is 72.9 Å². The molecule has 0 aliphatic rings. The van der Waals surface area contributed by atoms with Crippen molar-refractivity contribution in [1.82, 2.24) is 4.90 Å². The van der Waals surface area contributed by atoms with Crippen LogP contribution in [0.25, 0.3) is 0 Å². The molecule has 0 fully saturated rings. The summed E-state index contributed by atoms with van der Waals surface area (Å²) in [4.78, 5) is 13.4. The van der Waals surface area contributed by atoms with Gasteiger partial charge in [0.05, 0.1) is 29.7 Å². The number of hydrogen-bond acceptors (Lipinski definition) is 6. The molecule has 0 aliphatic carbocycles. The SMILES string of the molecule is COC(=O)c1ccc(OCCCN(CCc2ccc(F)cc2)Cc2cccc(C(F)(F)F)c2F)cc1S(C)(=O)=O. The molecule has 0 bridgehead atoms. The monoisotopic (exact) mass is 585 g/mol. The largest absolute Gasteiger partial charge is 0.494 e. The van der Waals surface area contributed by atoms with Gasteiger partial charge in [-0.25, -0.2) is 22.0 Å². The molecule has 0 heterocycles. The summed E-state index contributed by atoms with van der Waals surface area (Å²) in [6, 6.07) is 12.8. The lowest BCUT2D eigenvalue weighted by Gasteiger charge is -2.23. The molecule has 3 aromatic carbocycles. The summed E-state index contributed by atoms with van der Waals surface area (Å²) in [5.41, 5.74) is -0.798. The van der Waals surface area contributed by atoms with Gasteiger partial charge >= 0.3 is 12.1 Å². The molecule has 3 aromatic rings. The molecule has 0 aromatic heterocycles. The molecule has 0 atom stereocenters. The second kappa shape index (κ2) is 13.2. The number of ether oxygens (including phenoxy) is 2. The average Bonchev–Trinajstić information content (AvgIpc) is 2.89. The van der Waals surface area contributed by atoms with Gasteiger partial charge in [0, 0.05) is 31.5 Å². The van der Waals surface area contributed by atoms with Crippen LogP contribution in [-0.2, 0) is 33.7 Å². The molecule has 6 nitrogen and oxygen atoms in total. The Morgan fingerprint density at radius 1 is 0.975 bits per heavy atom. The fraction of sp³-hybridized carbons (Fsp3) is 0.321. The molecule has 0 amide bonds. The van der Waals surface area contributed by atoms with Gasteiger partial charge in [-0.05, 0) is 54.8 Å². The number of alkyl halides is 3. The molecule has 0 saturated carbocycles. The van der Waals surface area contributed by atoms with Crippen molar-refractivity contribution in [2.45, 2.75) is 30.5 Å². The second-order valence-corrected chi connectivity index (χ2v) is 11.0. The highest BCUT2D eigenvalue weighted by atomic mass is 32.2. The summed E-state index contributed by atoms with van der Waals surface area (Å²) in [5.74, 6) is -2.36. The first-order valence-electron chi connectivity index (χ1n) is 12.2. The summed E-state index contributed by atoms with van der Waals surface area (Å²) in [6.07, 6.45) is -3.09.